The molecule has 0 fully saturated rings. The van der Waals surface area contributed by atoms with E-state index in [2.05, 4.69) is 23.7 Å². The van der Waals surface area contributed by atoms with Crippen LogP contribution in [-0.4, -0.2) is 29.6 Å². The number of esters is 1. The molecule has 158 valence electrons. The Kier molecular flexibility index (Phi) is 7.99. The number of nitrogens with one attached hydrogen (secondary N) is 1. The van der Waals surface area contributed by atoms with E-state index in [1.807, 2.05) is 56.3 Å². The van der Waals surface area contributed by atoms with E-state index < -0.39 is 17.9 Å². The van der Waals surface area contributed by atoms with Crippen LogP contribution < -0.4 is 5.32 Å². The standard InChI is InChI=1S/C24H29N3O3/c1-16(2)15-27-17(3)11-20(18(27)4)13-21(14-25)23(28)26-22(24(29)30-5)12-19-9-7-6-8-10-19/h6-11,13,16,22H,12,15H2,1-5H3,(H,26,28)/b21-13-. The molecule has 0 bridgehead atoms. The molecule has 0 aliphatic heterocycles. The number of aryl methyl sites for hydroxylation is 1. The third kappa shape index (κ3) is 5.84. The highest BCUT2D eigenvalue weighted by Crippen LogP contribution is 2.20. The summed E-state index contributed by atoms with van der Waals surface area (Å²) < 4.78 is 7.01. The van der Waals surface area contributed by atoms with Gasteiger partial charge in [0.1, 0.15) is 17.7 Å². The van der Waals surface area contributed by atoms with Crippen molar-refractivity contribution in [3.63, 3.8) is 0 Å². The number of benzene rings is 1. The van der Waals surface area contributed by atoms with Crippen LogP contribution in [0.5, 0.6) is 0 Å². The molecule has 1 atom stereocenters. The van der Waals surface area contributed by atoms with E-state index in [1.165, 1.54) is 7.11 Å². The van der Waals surface area contributed by atoms with Crippen LogP contribution in [0.1, 0.15) is 36.4 Å². The molecule has 1 amide bonds. The number of ether oxygens (including phenoxy) is 1. The van der Waals surface area contributed by atoms with Gasteiger partial charge in [-0.15, -0.1) is 0 Å². The van der Waals surface area contributed by atoms with Gasteiger partial charge in [0.05, 0.1) is 7.11 Å². The molecule has 2 rings (SSSR count). The van der Waals surface area contributed by atoms with Crippen molar-refractivity contribution in [1.29, 1.82) is 5.26 Å². The summed E-state index contributed by atoms with van der Waals surface area (Å²) in [6.07, 6.45) is 1.85. The van der Waals surface area contributed by atoms with Crippen molar-refractivity contribution in [2.45, 2.75) is 46.7 Å². The van der Waals surface area contributed by atoms with Gasteiger partial charge in [-0.3, -0.25) is 4.79 Å². The average Bonchev–Trinajstić information content (AvgIpc) is 2.98. The van der Waals surface area contributed by atoms with E-state index in [4.69, 9.17) is 4.74 Å². The first-order valence-electron chi connectivity index (χ1n) is 9.98. The number of rotatable bonds is 8. The first-order chi connectivity index (χ1) is 14.3. The molecule has 1 aromatic heterocycles. The maximum atomic E-state index is 12.8. The van der Waals surface area contributed by atoms with Gasteiger partial charge in [0.25, 0.3) is 5.91 Å². The summed E-state index contributed by atoms with van der Waals surface area (Å²) in [7, 11) is 1.27. The zero-order chi connectivity index (χ0) is 22.3. The number of nitrogens with zero attached hydrogens (tertiary/aromatic N) is 2. The lowest BCUT2D eigenvalue weighted by atomic mass is 10.1. The number of amides is 1. The van der Waals surface area contributed by atoms with E-state index in [0.717, 1.165) is 29.1 Å². The van der Waals surface area contributed by atoms with Crippen LogP contribution >= 0.6 is 0 Å². The van der Waals surface area contributed by atoms with Crippen LogP contribution in [0, 0.1) is 31.1 Å². The normalized spacial score (nSPS) is 12.4. The lowest BCUT2D eigenvalue weighted by Crippen LogP contribution is -2.43. The van der Waals surface area contributed by atoms with E-state index in [0.29, 0.717) is 5.92 Å². The molecule has 0 spiro atoms. The Hall–Kier alpha value is -3.33. The van der Waals surface area contributed by atoms with Crippen molar-refractivity contribution in [3.05, 3.63) is 64.5 Å². The highest BCUT2D eigenvalue weighted by molar-refractivity contribution is 6.03. The van der Waals surface area contributed by atoms with E-state index in [-0.39, 0.29) is 12.0 Å². The van der Waals surface area contributed by atoms with Crippen molar-refractivity contribution in [2.24, 2.45) is 5.92 Å². The predicted octanol–water partition coefficient (Wildman–Crippen LogP) is 3.57. The minimum absolute atomic E-state index is 0.0539. The summed E-state index contributed by atoms with van der Waals surface area (Å²) in [6, 6.07) is 12.4. The Morgan fingerprint density at radius 2 is 1.90 bits per heavy atom. The van der Waals surface area contributed by atoms with E-state index in [1.54, 1.807) is 6.08 Å². The van der Waals surface area contributed by atoms with E-state index in [9.17, 15) is 14.9 Å². The number of carbonyl (C=O) groups excluding carboxylic acids is 2. The van der Waals surface area contributed by atoms with Gasteiger partial charge in [-0.25, -0.2) is 4.79 Å². The fraction of sp³-hybridized carbons (Fsp3) is 0.375. The lowest BCUT2D eigenvalue weighted by Gasteiger charge is -2.16. The predicted molar refractivity (Wildman–Crippen MR) is 116 cm³/mol. The third-order valence-corrected chi connectivity index (χ3v) is 4.90. The van der Waals surface area contributed by atoms with Crippen LogP contribution in [0.25, 0.3) is 6.08 Å². The van der Waals surface area contributed by atoms with Gasteiger partial charge in [0.15, 0.2) is 0 Å². The Labute approximate surface area is 178 Å². The Morgan fingerprint density at radius 3 is 2.47 bits per heavy atom. The lowest BCUT2D eigenvalue weighted by molar-refractivity contribution is -0.144. The van der Waals surface area contributed by atoms with Crippen LogP contribution in [0.15, 0.2) is 42.0 Å². The Balaban J connectivity index is 2.26. The zero-order valence-corrected chi connectivity index (χ0v) is 18.2. The van der Waals surface area contributed by atoms with Crippen molar-refractivity contribution in [2.75, 3.05) is 7.11 Å². The number of aromatic nitrogens is 1. The maximum absolute atomic E-state index is 12.8. The van der Waals surface area contributed by atoms with Crippen molar-refractivity contribution < 1.29 is 14.3 Å². The molecular formula is C24H29N3O3. The van der Waals surface area contributed by atoms with Crippen molar-refractivity contribution in [3.8, 4) is 6.07 Å². The highest BCUT2D eigenvalue weighted by Gasteiger charge is 2.24. The van der Waals surface area contributed by atoms with Crippen LogP contribution in [0.2, 0.25) is 0 Å². The van der Waals surface area contributed by atoms with Crippen molar-refractivity contribution >= 4 is 18.0 Å². The number of methoxy groups -OCH3 is 1. The van der Waals surface area contributed by atoms with Crippen LogP contribution in [-0.2, 0) is 27.3 Å². The zero-order valence-electron chi connectivity index (χ0n) is 18.2. The number of carbonyl (C=O) groups is 2. The second-order valence-electron chi connectivity index (χ2n) is 7.74. The van der Waals surface area contributed by atoms with Gasteiger partial charge in [0, 0.05) is 24.4 Å². The molecule has 2 aromatic rings. The smallest absolute Gasteiger partial charge is 0.328 e. The van der Waals surface area contributed by atoms with Crippen LogP contribution in [0.3, 0.4) is 0 Å². The topological polar surface area (TPSA) is 84.1 Å². The molecule has 6 nitrogen and oxygen atoms in total. The monoisotopic (exact) mass is 407 g/mol. The molecular weight excluding hydrogens is 378 g/mol. The van der Waals surface area contributed by atoms with Crippen LogP contribution in [0.4, 0.5) is 0 Å². The molecule has 0 saturated carbocycles. The first-order valence-corrected chi connectivity index (χ1v) is 9.98. The summed E-state index contributed by atoms with van der Waals surface area (Å²) >= 11 is 0. The first kappa shape index (κ1) is 23.0. The fourth-order valence-corrected chi connectivity index (χ4v) is 3.35. The minimum Gasteiger partial charge on any atom is -0.467 e. The molecule has 30 heavy (non-hydrogen) atoms. The largest absolute Gasteiger partial charge is 0.467 e. The second-order valence-corrected chi connectivity index (χ2v) is 7.74. The minimum atomic E-state index is -0.880. The summed E-state index contributed by atoms with van der Waals surface area (Å²) in [5.41, 5.74) is 3.71. The molecule has 0 aliphatic rings. The summed E-state index contributed by atoms with van der Waals surface area (Å²) in [4.78, 5) is 24.9. The van der Waals surface area contributed by atoms with E-state index >= 15 is 0 Å². The van der Waals surface area contributed by atoms with Gasteiger partial charge >= 0.3 is 5.97 Å². The molecule has 1 N–H and O–H groups in total. The fourth-order valence-electron chi connectivity index (χ4n) is 3.35. The Morgan fingerprint density at radius 1 is 1.23 bits per heavy atom. The summed E-state index contributed by atoms with van der Waals surface area (Å²) in [5.74, 6) is -0.679. The summed E-state index contributed by atoms with van der Waals surface area (Å²) in [5, 5.41) is 12.2. The Bertz CT molecular complexity index is 966. The molecule has 1 aromatic carbocycles. The van der Waals surface area contributed by atoms with Gasteiger partial charge in [0.2, 0.25) is 0 Å². The van der Waals surface area contributed by atoms with Gasteiger partial charge < -0.3 is 14.6 Å². The second kappa shape index (κ2) is 10.4. The third-order valence-electron chi connectivity index (χ3n) is 4.90. The highest BCUT2D eigenvalue weighted by atomic mass is 16.5. The molecule has 1 heterocycles. The molecule has 1 unspecified atom stereocenters. The average molecular weight is 408 g/mol. The molecule has 6 heteroatoms. The quantitative estimate of drug-likeness (QED) is 0.412. The van der Waals surface area contributed by atoms with Crippen molar-refractivity contribution in [1.82, 2.24) is 9.88 Å². The van der Waals surface area contributed by atoms with Gasteiger partial charge in [-0.2, -0.15) is 5.26 Å². The van der Waals surface area contributed by atoms with Gasteiger partial charge in [-0.1, -0.05) is 44.2 Å². The number of nitriles is 1. The molecule has 0 radical (unpaired) electrons. The number of hydrogen-bond donors (Lipinski definition) is 1. The molecule has 0 saturated heterocycles. The van der Waals surface area contributed by atoms with Gasteiger partial charge in [-0.05, 0) is 43.0 Å². The number of hydrogen-bond acceptors (Lipinski definition) is 4. The maximum Gasteiger partial charge on any atom is 0.328 e. The SMILES string of the molecule is COC(=O)C(Cc1ccccc1)NC(=O)/C(C#N)=C\c1cc(C)n(CC(C)C)c1C. The summed E-state index contributed by atoms with van der Waals surface area (Å²) in [6.45, 7) is 9.12. The molecule has 0 aliphatic carbocycles.